The summed E-state index contributed by atoms with van der Waals surface area (Å²) in [6.07, 6.45) is 4.00. The number of pyridine rings is 1. The number of carbonyl (C=O) groups excluding carboxylic acids is 1. The normalized spacial score (nSPS) is 10.1. The molecule has 2 aromatic carbocycles. The maximum atomic E-state index is 12.4. The summed E-state index contributed by atoms with van der Waals surface area (Å²) in [6, 6.07) is 18.2. The number of anilines is 2. The summed E-state index contributed by atoms with van der Waals surface area (Å²) in [5.74, 6) is -0.259. The largest absolute Gasteiger partial charge is 0.383 e. The molecule has 0 unspecified atom stereocenters. The van der Waals surface area contributed by atoms with Crippen LogP contribution in [0.2, 0.25) is 5.02 Å². The van der Waals surface area contributed by atoms with Gasteiger partial charge in [0.05, 0.1) is 22.9 Å². The maximum absolute atomic E-state index is 12.4. The highest BCUT2D eigenvalue weighted by Crippen LogP contribution is 2.14. The molecule has 0 aliphatic carbocycles. The lowest BCUT2D eigenvalue weighted by atomic mass is 10.1. The van der Waals surface area contributed by atoms with E-state index in [1.54, 1.807) is 36.5 Å². The van der Waals surface area contributed by atoms with Crippen molar-refractivity contribution < 1.29 is 4.79 Å². The minimum atomic E-state index is -0.259. The van der Waals surface area contributed by atoms with E-state index in [9.17, 15) is 4.79 Å². The number of hydrogen-bond donors (Lipinski definition) is 2. The Morgan fingerprint density at radius 2 is 1.89 bits per heavy atom. The Morgan fingerprint density at radius 1 is 1.07 bits per heavy atom. The molecule has 3 aromatic rings. The van der Waals surface area contributed by atoms with Crippen molar-refractivity contribution in [2.24, 2.45) is 0 Å². The average molecular weight is 377 g/mol. The second-order valence-electron chi connectivity index (χ2n) is 5.91. The van der Waals surface area contributed by atoms with E-state index < -0.39 is 0 Å². The van der Waals surface area contributed by atoms with Gasteiger partial charge in [-0.2, -0.15) is 5.26 Å². The Balaban J connectivity index is 1.58. The molecule has 6 heteroatoms. The van der Waals surface area contributed by atoms with E-state index in [2.05, 4.69) is 15.6 Å². The predicted octanol–water partition coefficient (Wildman–Crippen LogP) is 4.51. The van der Waals surface area contributed by atoms with Gasteiger partial charge in [-0.25, -0.2) is 0 Å². The lowest BCUT2D eigenvalue weighted by Crippen LogP contribution is -2.13. The van der Waals surface area contributed by atoms with Gasteiger partial charge in [0, 0.05) is 29.6 Å². The Labute approximate surface area is 162 Å². The number of benzene rings is 2. The van der Waals surface area contributed by atoms with Crippen LogP contribution in [0.4, 0.5) is 11.4 Å². The minimum Gasteiger partial charge on any atom is -0.383 e. The average Bonchev–Trinajstić information content (AvgIpc) is 2.69. The zero-order chi connectivity index (χ0) is 19.1. The Kier molecular flexibility index (Phi) is 6.03. The number of carbonyl (C=O) groups is 1. The molecular formula is C21H17ClN4O. The molecule has 0 bridgehead atoms. The molecule has 0 aliphatic rings. The third-order valence-corrected chi connectivity index (χ3v) is 4.14. The van der Waals surface area contributed by atoms with E-state index in [1.807, 2.05) is 30.3 Å². The lowest BCUT2D eigenvalue weighted by molar-refractivity contribution is 0.102. The molecule has 1 aromatic heterocycles. The number of rotatable bonds is 6. The Hall–Kier alpha value is -3.36. The van der Waals surface area contributed by atoms with Crippen molar-refractivity contribution in [3.63, 3.8) is 0 Å². The van der Waals surface area contributed by atoms with Crippen molar-refractivity contribution in [1.29, 1.82) is 5.26 Å². The number of nitrogens with zero attached hydrogens (tertiary/aromatic N) is 2. The van der Waals surface area contributed by atoms with Gasteiger partial charge in [-0.15, -0.1) is 0 Å². The van der Waals surface area contributed by atoms with E-state index in [0.29, 0.717) is 23.4 Å². The van der Waals surface area contributed by atoms with Crippen molar-refractivity contribution in [3.05, 3.63) is 88.7 Å². The highest BCUT2D eigenvalue weighted by molar-refractivity contribution is 6.30. The second kappa shape index (κ2) is 8.84. The molecular weight excluding hydrogens is 360 g/mol. The molecule has 134 valence electrons. The smallest absolute Gasteiger partial charge is 0.257 e. The van der Waals surface area contributed by atoms with Crippen molar-refractivity contribution in [1.82, 2.24) is 4.98 Å². The number of amides is 1. The summed E-state index contributed by atoms with van der Waals surface area (Å²) in [5.41, 5.74) is 3.52. The SMILES string of the molecule is N#Cc1ccc(NC(=O)c2cncc(NCCc3cccc(Cl)c3)c2)cc1. The third-order valence-electron chi connectivity index (χ3n) is 3.90. The van der Waals surface area contributed by atoms with Crippen LogP contribution in [0.15, 0.2) is 67.0 Å². The molecule has 0 saturated carbocycles. The molecule has 0 spiro atoms. The van der Waals surface area contributed by atoms with Crippen LogP contribution in [0.1, 0.15) is 21.5 Å². The van der Waals surface area contributed by atoms with Crippen LogP contribution < -0.4 is 10.6 Å². The first kappa shape index (κ1) is 18.4. The molecule has 1 amide bonds. The van der Waals surface area contributed by atoms with Crippen LogP contribution in [-0.2, 0) is 6.42 Å². The first-order valence-corrected chi connectivity index (χ1v) is 8.77. The summed E-state index contributed by atoms with van der Waals surface area (Å²) < 4.78 is 0. The monoisotopic (exact) mass is 376 g/mol. The van der Waals surface area contributed by atoms with Crippen molar-refractivity contribution in [2.75, 3.05) is 17.2 Å². The van der Waals surface area contributed by atoms with Crippen molar-refractivity contribution in [3.8, 4) is 6.07 Å². The van der Waals surface area contributed by atoms with Gasteiger partial charge < -0.3 is 10.6 Å². The van der Waals surface area contributed by atoms with Crippen molar-refractivity contribution in [2.45, 2.75) is 6.42 Å². The molecule has 0 fully saturated rings. The first-order valence-electron chi connectivity index (χ1n) is 8.39. The second-order valence-corrected chi connectivity index (χ2v) is 6.35. The van der Waals surface area contributed by atoms with Gasteiger partial charge in [0.15, 0.2) is 0 Å². The van der Waals surface area contributed by atoms with Crippen LogP contribution in [-0.4, -0.2) is 17.4 Å². The Morgan fingerprint density at radius 3 is 2.63 bits per heavy atom. The molecule has 0 aliphatic heterocycles. The number of halogens is 1. The number of hydrogen-bond acceptors (Lipinski definition) is 4. The molecule has 5 nitrogen and oxygen atoms in total. The van der Waals surface area contributed by atoms with Crippen LogP contribution in [0.3, 0.4) is 0 Å². The fraction of sp³-hybridized carbons (Fsp3) is 0.0952. The molecule has 0 saturated heterocycles. The zero-order valence-corrected chi connectivity index (χ0v) is 15.2. The van der Waals surface area contributed by atoms with Crippen LogP contribution in [0.25, 0.3) is 0 Å². The maximum Gasteiger partial charge on any atom is 0.257 e. The topological polar surface area (TPSA) is 77.8 Å². The summed E-state index contributed by atoms with van der Waals surface area (Å²) in [6.45, 7) is 0.697. The standard InChI is InChI=1S/C21H17ClN4O/c22-18-3-1-2-15(10-18)8-9-25-20-11-17(13-24-14-20)21(27)26-19-6-4-16(12-23)5-7-19/h1-7,10-11,13-14,25H,8-9H2,(H,26,27). The van der Waals surface area contributed by atoms with Gasteiger partial charge in [-0.1, -0.05) is 23.7 Å². The molecule has 3 rings (SSSR count). The van der Waals surface area contributed by atoms with Gasteiger partial charge in [-0.05, 0) is 54.4 Å². The fourth-order valence-electron chi connectivity index (χ4n) is 2.54. The third kappa shape index (κ3) is 5.30. The fourth-order valence-corrected chi connectivity index (χ4v) is 2.75. The minimum absolute atomic E-state index is 0.259. The predicted molar refractivity (Wildman–Crippen MR) is 107 cm³/mol. The van der Waals surface area contributed by atoms with Crippen LogP contribution >= 0.6 is 11.6 Å². The highest BCUT2D eigenvalue weighted by atomic mass is 35.5. The van der Waals surface area contributed by atoms with E-state index in [4.69, 9.17) is 16.9 Å². The molecule has 0 atom stereocenters. The number of aromatic nitrogens is 1. The molecule has 27 heavy (non-hydrogen) atoms. The van der Waals surface area contributed by atoms with E-state index in [-0.39, 0.29) is 5.91 Å². The van der Waals surface area contributed by atoms with Crippen molar-refractivity contribution >= 4 is 28.9 Å². The summed E-state index contributed by atoms with van der Waals surface area (Å²) in [4.78, 5) is 16.5. The number of nitrogens with one attached hydrogen (secondary N) is 2. The quantitative estimate of drug-likeness (QED) is 0.663. The summed E-state index contributed by atoms with van der Waals surface area (Å²) in [7, 11) is 0. The van der Waals surface area contributed by atoms with Gasteiger partial charge in [0.1, 0.15) is 0 Å². The molecule has 0 radical (unpaired) electrons. The highest BCUT2D eigenvalue weighted by Gasteiger charge is 2.08. The van der Waals surface area contributed by atoms with Crippen LogP contribution in [0.5, 0.6) is 0 Å². The summed E-state index contributed by atoms with van der Waals surface area (Å²) >= 11 is 5.99. The summed E-state index contributed by atoms with van der Waals surface area (Å²) in [5, 5.41) is 15.6. The molecule has 2 N–H and O–H groups in total. The lowest BCUT2D eigenvalue weighted by Gasteiger charge is -2.09. The van der Waals surface area contributed by atoms with E-state index >= 15 is 0 Å². The van der Waals surface area contributed by atoms with E-state index in [1.165, 1.54) is 6.20 Å². The van der Waals surface area contributed by atoms with Gasteiger partial charge in [-0.3, -0.25) is 9.78 Å². The van der Waals surface area contributed by atoms with Crippen LogP contribution in [0, 0.1) is 11.3 Å². The molecule has 1 heterocycles. The van der Waals surface area contributed by atoms with Gasteiger partial charge >= 0.3 is 0 Å². The first-order chi connectivity index (χ1) is 13.1. The van der Waals surface area contributed by atoms with E-state index in [0.717, 1.165) is 22.7 Å². The Bertz CT molecular complexity index is 980. The number of nitriles is 1. The zero-order valence-electron chi connectivity index (χ0n) is 14.4. The van der Waals surface area contributed by atoms with Gasteiger partial charge in [0.2, 0.25) is 0 Å². The van der Waals surface area contributed by atoms with Gasteiger partial charge in [0.25, 0.3) is 5.91 Å².